The number of aromatic nitrogens is 1. The molecule has 5 heteroatoms. The van der Waals surface area contributed by atoms with Crippen molar-refractivity contribution in [3.05, 3.63) is 53.5 Å². The molecule has 3 nitrogen and oxygen atoms in total. The molecule has 0 amide bonds. The first kappa shape index (κ1) is 12.4. The van der Waals surface area contributed by atoms with Crippen molar-refractivity contribution < 1.29 is 4.39 Å². The smallest absolute Gasteiger partial charge is 0.146 e. The lowest BCUT2D eigenvalue weighted by atomic mass is 10.1. The van der Waals surface area contributed by atoms with Gasteiger partial charge in [0.15, 0.2) is 0 Å². The maximum atomic E-state index is 13.6. The number of hydrogen-bond acceptors (Lipinski definition) is 3. The van der Waals surface area contributed by atoms with Gasteiger partial charge in [-0.15, -0.1) is 0 Å². The van der Waals surface area contributed by atoms with Crippen LogP contribution < -0.4 is 11.1 Å². The minimum atomic E-state index is -0.352. The fraction of sp³-hybridized carbons (Fsp3) is 0.0769. The number of nitrogens with one attached hydrogen (secondary N) is 1. The van der Waals surface area contributed by atoms with Crippen molar-refractivity contribution in [1.82, 2.24) is 4.98 Å². The molecule has 0 unspecified atom stereocenters. The van der Waals surface area contributed by atoms with Crippen LogP contribution in [-0.4, -0.2) is 9.97 Å². The van der Waals surface area contributed by atoms with E-state index in [4.69, 9.17) is 18.0 Å². The van der Waals surface area contributed by atoms with Gasteiger partial charge < -0.3 is 11.1 Å². The highest BCUT2D eigenvalue weighted by atomic mass is 32.1. The fourth-order valence-corrected chi connectivity index (χ4v) is 1.91. The Labute approximate surface area is 110 Å². The average Bonchev–Trinajstić information content (AvgIpc) is 2.31. The van der Waals surface area contributed by atoms with E-state index in [1.165, 1.54) is 6.07 Å². The van der Waals surface area contributed by atoms with Gasteiger partial charge in [0.25, 0.3) is 0 Å². The van der Waals surface area contributed by atoms with Gasteiger partial charge in [-0.05, 0) is 30.7 Å². The lowest BCUT2D eigenvalue weighted by Crippen LogP contribution is -2.15. The van der Waals surface area contributed by atoms with E-state index in [9.17, 15) is 4.39 Å². The van der Waals surface area contributed by atoms with Crippen molar-refractivity contribution in [2.24, 2.45) is 5.73 Å². The molecule has 0 bridgehead atoms. The van der Waals surface area contributed by atoms with Crippen LogP contribution in [0, 0.1) is 12.7 Å². The van der Waals surface area contributed by atoms with Crippen LogP contribution in [-0.2, 0) is 0 Å². The summed E-state index contributed by atoms with van der Waals surface area (Å²) in [7, 11) is 0. The molecule has 0 aliphatic carbocycles. The van der Waals surface area contributed by atoms with E-state index >= 15 is 0 Å². The van der Waals surface area contributed by atoms with Crippen molar-refractivity contribution in [2.75, 3.05) is 5.32 Å². The molecule has 0 spiro atoms. The summed E-state index contributed by atoms with van der Waals surface area (Å²) < 4.78 is 13.6. The lowest BCUT2D eigenvalue weighted by molar-refractivity contribution is 0.632. The number of aryl methyl sites for hydroxylation is 1. The first-order chi connectivity index (χ1) is 8.59. The third-order valence-corrected chi connectivity index (χ3v) is 2.74. The Hall–Kier alpha value is -2.01. The second-order valence-electron chi connectivity index (χ2n) is 3.82. The van der Waals surface area contributed by atoms with Crippen LogP contribution in [0.1, 0.15) is 11.1 Å². The molecule has 2 aromatic rings. The van der Waals surface area contributed by atoms with Gasteiger partial charge in [0.2, 0.25) is 0 Å². The molecule has 0 saturated carbocycles. The van der Waals surface area contributed by atoms with E-state index in [-0.39, 0.29) is 10.8 Å². The molecule has 1 heterocycles. The zero-order valence-electron chi connectivity index (χ0n) is 9.77. The Kier molecular flexibility index (Phi) is 3.53. The van der Waals surface area contributed by atoms with Crippen LogP contribution in [0.5, 0.6) is 0 Å². The lowest BCUT2D eigenvalue weighted by Gasteiger charge is -2.12. The third kappa shape index (κ3) is 2.46. The molecule has 0 aliphatic rings. The number of nitrogens with two attached hydrogens (primary N) is 1. The number of nitrogens with zero attached hydrogens (tertiary/aromatic N) is 1. The Morgan fingerprint density at radius 1 is 1.33 bits per heavy atom. The molecule has 1 aromatic heterocycles. The third-order valence-electron chi connectivity index (χ3n) is 2.53. The highest BCUT2D eigenvalue weighted by Gasteiger charge is 2.11. The van der Waals surface area contributed by atoms with Crippen LogP contribution in [0.3, 0.4) is 0 Å². The quantitative estimate of drug-likeness (QED) is 0.834. The number of hydrogen-bond donors (Lipinski definition) is 2. The van der Waals surface area contributed by atoms with Crippen molar-refractivity contribution in [1.29, 1.82) is 0 Å². The van der Waals surface area contributed by atoms with Gasteiger partial charge in [0, 0.05) is 6.20 Å². The molecule has 92 valence electrons. The van der Waals surface area contributed by atoms with Gasteiger partial charge >= 0.3 is 0 Å². The SMILES string of the molecule is Cc1ccnc(Nc2ccccc2F)c1C(N)=S. The Balaban J connectivity index is 2.44. The molecule has 0 fully saturated rings. The monoisotopic (exact) mass is 261 g/mol. The van der Waals surface area contributed by atoms with Gasteiger partial charge in [-0.3, -0.25) is 0 Å². The van der Waals surface area contributed by atoms with Crippen molar-refractivity contribution in [2.45, 2.75) is 6.92 Å². The highest BCUT2D eigenvalue weighted by Crippen LogP contribution is 2.22. The molecule has 0 atom stereocenters. The Morgan fingerprint density at radius 2 is 2.06 bits per heavy atom. The van der Waals surface area contributed by atoms with Crippen LogP contribution in [0.25, 0.3) is 0 Å². The summed E-state index contributed by atoms with van der Waals surface area (Å²) in [5.41, 5.74) is 7.54. The van der Waals surface area contributed by atoms with Crippen molar-refractivity contribution in [3.8, 4) is 0 Å². The summed E-state index contributed by atoms with van der Waals surface area (Å²) in [5.74, 6) is 0.113. The van der Waals surface area contributed by atoms with Crippen molar-refractivity contribution >= 4 is 28.7 Å². The number of benzene rings is 1. The first-order valence-corrected chi connectivity index (χ1v) is 5.77. The summed E-state index contributed by atoms with van der Waals surface area (Å²) in [6.07, 6.45) is 1.63. The molecular formula is C13H12FN3S. The van der Waals surface area contributed by atoms with E-state index in [1.807, 2.05) is 6.92 Å². The summed E-state index contributed by atoms with van der Waals surface area (Å²) >= 11 is 4.99. The standard InChI is InChI=1S/C13H12FN3S/c1-8-6-7-16-13(11(8)12(15)18)17-10-5-3-2-4-9(10)14/h2-7H,1H3,(H2,15,18)(H,16,17). The highest BCUT2D eigenvalue weighted by molar-refractivity contribution is 7.80. The molecule has 3 N–H and O–H groups in total. The predicted molar refractivity (Wildman–Crippen MR) is 74.5 cm³/mol. The maximum absolute atomic E-state index is 13.6. The molecule has 2 rings (SSSR count). The minimum absolute atomic E-state index is 0.236. The summed E-state index contributed by atoms with van der Waals surface area (Å²) in [6.45, 7) is 1.88. The molecular weight excluding hydrogens is 249 g/mol. The predicted octanol–water partition coefficient (Wildman–Crippen LogP) is 2.91. The maximum Gasteiger partial charge on any atom is 0.146 e. The number of halogens is 1. The van der Waals surface area contributed by atoms with Crippen LogP contribution in [0.15, 0.2) is 36.5 Å². The zero-order valence-corrected chi connectivity index (χ0v) is 10.6. The van der Waals surface area contributed by atoms with Gasteiger partial charge in [-0.2, -0.15) is 0 Å². The molecule has 18 heavy (non-hydrogen) atoms. The van der Waals surface area contributed by atoms with E-state index in [1.54, 1.807) is 30.5 Å². The number of thiocarbonyl (C=S) groups is 1. The Morgan fingerprint density at radius 3 is 2.72 bits per heavy atom. The molecule has 0 radical (unpaired) electrons. The van der Waals surface area contributed by atoms with E-state index in [0.717, 1.165) is 5.56 Å². The van der Waals surface area contributed by atoms with Crippen LogP contribution in [0.2, 0.25) is 0 Å². The number of para-hydroxylation sites is 1. The topological polar surface area (TPSA) is 50.9 Å². The van der Waals surface area contributed by atoms with Crippen LogP contribution >= 0.6 is 12.2 Å². The molecule has 1 aromatic carbocycles. The second kappa shape index (κ2) is 5.10. The number of pyridine rings is 1. The molecule has 0 aliphatic heterocycles. The second-order valence-corrected chi connectivity index (χ2v) is 4.26. The van der Waals surface area contributed by atoms with Gasteiger partial charge in [0.1, 0.15) is 16.6 Å². The summed E-state index contributed by atoms with van der Waals surface area (Å²) in [4.78, 5) is 4.39. The van der Waals surface area contributed by atoms with E-state index < -0.39 is 0 Å². The number of rotatable bonds is 3. The van der Waals surface area contributed by atoms with E-state index in [0.29, 0.717) is 17.1 Å². The normalized spacial score (nSPS) is 10.1. The van der Waals surface area contributed by atoms with Gasteiger partial charge in [-0.25, -0.2) is 9.37 Å². The van der Waals surface area contributed by atoms with E-state index in [2.05, 4.69) is 10.3 Å². The van der Waals surface area contributed by atoms with Crippen LogP contribution in [0.4, 0.5) is 15.9 Å². The average molecular weight is 261 g/mol. The zero-order chi connectivity index (χ0) is 13.1. The largest absolute Gasteiger partial charge is 0.389 e. The Bertz CT molecular complexity index is 599. The van der Waals surface area contributed by atoms with Gasteiger partial charge in [0.05, 0.1) is 11.3 Å². The van der Waals surface area contributed by atoms with Crippen molar-refractivity contribution in [3.63, 3.8) is 0 Å². The first-order valence-electron chi connectivity index (χ1n) is 5.36. The minimum Gasteiger partial charge on any atom is -0.389 e. The number of anilines is 2. The fourth-order valence-electron chi connectivity index (χ4n) is 1.65. The summed E-state index contributed by atoms with van der Waals surface area (Å²) in [6, 6.07) is 8.17. The summed E-state index contributed by atoms with van der Waals surface area (Å²) in [5, 5.41) is 2.91. The van der Waals surface area contributed by atoms with Gasteiger partial charge in [-0.1, -0.05) is 24.4 Å². The molecule has 0 saturated heterocycles.